The van der Waals surface area contributed by atoms with Gasteiger partial charge in [0.15, 0.2) is 5.82 Å². The Labute approximate surface area is 140 Å². The van der Waals surface area contributed by atoms with Crippen LogP contribution in [0.1, 0.15) is 42.6 Å². The van der Waals surface area contributed by atoms with Crippen molar-refractivity contribution in [2.75, 3.05) is 6.54 Å². The van der Waals surface area contributed by atoms with Crippen molar-refractivity contribution in [3.8, 4) is 5.69 Å². The summed E-state index contributed by atoms with van der Waals surface area (Å²) in [6.45, 7) is 4.83. The van der Waals surface area contributed by atoms with Gasteiger partial charge in [-0.05, 0) is 38.8 Å². The summed E-state index contributed by atoms with van der Waals surface area (Å²) in [6.07, 6.45) is 3.80. The van der Waals surface area contributed by atoms with E-state index in [0.29, 0.717) is 13.1 Å². The van der Waals surface area contributed by atoms with E-state index in [-0.39, 0.29) is 5.69 Å². The molecule has 0 bridgehead atoms. The molecule has 1 fully saturated rings. The standard InChI is InChI=1S/C18H23F2N3O/c1-12-15(10-21-11-18(24)7-3-4-8-18)13(2)23(22-12)17-6-5-14(19)9-16(17)20/h5-6,9,21,24H,3-4,7-8,10-11H2,1-2H3. The zero-order valence-corrected chi connectivity index (χ0v) is 14.1. The molecule has 0 unspecified atom stereocenters. The van der Waals surface area contributed by atoms with Gasteiger partial charge in [-0.3, -0.25) is 0 Å². The summed E-state index contributed by atoms with van der Waals surface area (Å²) in [6, 6.07) is 3.48. The first-order chi connectivity index (χ1) is 11.4. The minimum absolute atomic E-state index is 0.234. The molecule has 2 N–H and O–H groups in total. The van der Waals surface area contributed by atoms with Crippen LogP contribution in [0.15, 0.2) is 18.2 Å². The van der Waals surface area contributed by atoms with E-state index < -0.39 is 17.2 Å². The molecule has 1 aliphatic carbocycles. The van der Waals surface area contributed by atoms with E-state index in [4.69, 9.17) is 0 Å². The Kier molecular flexibility index (Phi) is 4.69. The molecule has 0 spiro atoms. The van der Waals surface area contributed by atoms with E-state index in [1.54, 1.807) is 0 Å². The Hall–Kier alpha value is -1.79. The van der Waals surface area contributed by atoms with Crippen LogP contribution in [-0.4, -0.2) is 27.0 Å². The highest BCUT2D eigenvalue weighted by Crippen LogP contribution is 2.29. The number of rotatable bonds is 5. The van der Waals surface area contributed by atoms with Crippen LogP contribution >= 0.6 is 0 Å². The van der Waals surface area contributed by atoms with E-state index >= 15 is 0 Å². The van der Waals surface area contributed by atoms with Gasteiger partial charge in [0.05, 0.1) is 11.3 Å². The topological polar surface area (TPSA) is 50.1 Å². The van der Waals surface area contributed by atoms with Crippen LogP contribution < -0.4 is 5.32 Å². The molecule has 0 atom stereocenters. The van der Waals surface area contributed by atoms with Gasteiger partial charge in [-0.25, -0.2) is 13.5 Å². The Balaban J connectivity index is 1.76. The van der Waals surface area contributed by atoms with Crippen molar-refractivity contribution in [3.63, 3.8) is 0 Å². The predicted molar refractivity (Wildman–Crippen MR) is 88.1 cm³/mol. The van der Waals surface area contributed by atoms with Crippen molar-refractivity contribution in [2.24, 2.45) is 0 Å². The lowest BCUT2D eigenvalue weighted by Gasteiger charge is -2.22. The lowest BCUT2D eigenvalue weighted by molar-refractivity contribution is 0.0474. The van der Waals surface area contributed by atoms with Gasteiger partial charge in [0, 0.05) is 30.4 Å². The number of halogens is 2. The smallest absolute Gasteiger partial charge is 0.151 e. The van der Waals surface area contributed by atoms with E-state index in [1.165, 1.54) is 16.8 Å². The average Bonchev–Trinajstić information content (AvgIpc) is 3.06. The van der Waals surface area contributed by atoms with E-state index in [9.17, 15) is 13.9 Å². The van der Waals surface area contributed by atoms with Gasteiger partial charge in [-0.15, -0.1) is 0 Å². The van der Waals surface area contributed by atoms with Gasteiger partial charge in [-0.2, -0.15) is 5.10 Å². The molecule has 1 aromatic carbocycles. The molecule has 4 nitrogen and oxygen atoms in total. The molecular weight excluding hydrogens is 312 g/mol. The SMILES string of the molecule is Cc1nn(-c2ccc(F)cc2F)c(C)c1CNCC1(O)CCCC1. The second-order valence-electron chi connectivity index (χ2n) is 6.69. The first-order valence-electron chi connectivity index (χ1n) is 8.33. The van der Waals surface area contributed by atoms with E-state index in [1.807, 2.05) is 13.8 Å². The van der Waals surface area contributed by atoms with Gasteiger partial charge >= 0.3 is 0 Å². The number of nitrogens with one attached hydrogen (secondary N) is 1. The molecule has 3 rings (SSSR count). The summed E-state index contributed by atoms with van der Waals surface area (Å²) in [5.74, 6) is -1.25. The maximum atomic E-state index is 14.0. The molecule has 1 heterocycles. The second-order valence-corrected chi connectivity index (χ2v) is 6.69. The number of aliphatic hydroxyl groups is 1. The van der Waals surface area contributed by atoms with E-state index in [2.05, 4.69) is 10.4 Å². The molecule has 0 saturated heterocycles. The summed E-state index contributed by atoms with van der Waals surface area (Å²) in [5, 5.41) is 18.1. The van der Waals surface area contributed by atoms with Gasteiger partial charge < -0.3 is 10.4 Å². The number of aryl methyl sites for hydroxylation is 1. The number of nitrogens with zero attached hydrogens (tertiary/aromatic N) is 2. The number of benzene rings is 1. The van der Waals surface area contributed by atoms with Crippen LogP contribution in [0.3, 0.4) is 0 Å². The van der Waals surface area contributed by atoms with E-state index in [0.717, 1.165) is 48.7 Å². The zero-order valence-electron chi connectivity index (χ0n) is 14.1. The monoisotopic (exact) mass is 335 g/mol. The maximum Gasteiger partial charge on any atom is 0.151 e. The van der Waals surface area contributed by atoms with Crippen molar-refractivity contribution < 1.29 is 13.9 Å². The Bertz CT molecular complexity index is 736. The fraction of sp³-hybridized carbons (Fsp3) is 0.500. The molecular formula is C18H23F2N3O. The minimum Gasteiger partial charge on any atom is -0.389 e. The summed E-state index contributed by atoms with van der Waals surface area (Å²) in [5.41, 5.74) is 2.20. The molecule has 24 heavy (non-hydrogen) atoms. The third-order valence-electron chi connectivity index (χ3n) is 4.87. The lowest BCUT2D eigenvalue weighted by atomic mass is 10.0. The average molecular weight is 335 g/mol. The first kappa shape index (κ1) is 17.0. The third-order valence-corrected chi connectivity index (χ3v) is 4.87. The molecule has 0 amide bonds. The predicted octanol–water partition coefficient (Wildman–Crippen LogP) is 3.16. The maximum absolute atomic E-state index is 14.0. The Morgan fingerprint density at radius 1 is 1.25 bits per heavy atom. The molecule has 0 radical (unpaired) electrons. The third kappa shape index (κ3) is 3.35. The molecule has 1 aliphatic rings. The van der Waals surface area contributed by atoms with Gasteiger partial charge in [0.25, 0.3) is 0 Å². The van der Waals surface area contributed by atoms with Gasteiger partial charge in [0.1, 0.15) is 11.5 Å². The zero-order chi connectivity index (χ0) is 17.3. The van der Waals surface area contributed by atoms with Crippen LogP contribution in [0.4, 0.5) is 8.78 Å². The van der Waals surface area contributed by atoms with Crippen molar-refractivity contribution in [1.82, 2.24) is 15.1 Å². The number of hydrogen-bond acceptors (Lipinski definition) is 3. The van der Waals surface area contributed by atoms with Crippen LogP contribution in [-0.2, 0) is 6.54 Å². The van der Waals surface area contributed by atoms with Crippen LogP contribution in [0, 0.1) is 25.5 Å². The van der Waals surface area contributed by atoms with Crippen molar-refractivity contribution in [2.45, 2.75) is 51.7 Å². The minimum atomic E-state index is -0.639. The molecule has 2 aromatic rings. The normalized spacial score (nSPS) is 16.7. The highest BCUT2D eigenvalue weighted by Gasteiger charge is 2.30. The van der Waals surface area contributed by atoms with Crippen molar-refractivity contribution >= 4 is 0 Å². The second kappa shape index (κ2) is 6.61. The largest absolute Gasteiger partial charge is 0.389 e. The van der Waals surface area contributed by atoms with Crippen molar-refractivity contribution in [3.05, 3.63) is 46.8 Å². The molecule has 130 valence electrons. The summed E-state index contributed by atoms with van der Waals surface area (Å²) < 4.78 is 28.6. The summed E-state index contributed by atoms with van der Waals surface area (Å²) >= 11 is 0. The fourth-order valence-corrected chi connectivity index (χ4v) is 3.45. The fourth-order valence-electron chi connectivity index (χ4n) is 3.45. The van der Waals surface area contributed by atoms with Crippen LogP contribution in [0.5, 0.6) is 0 Å². The highest BCUT2D eigenvalue weighted by molar-refractivity contribution is 5.38. The Morgan fingerprint density at radius 2 is 1.96 bits per heavy atom. The molecule has 0 aliphatic heterocycles. The number of hydrogen-bond donors (Lipinski definition) is 2. The quantitative estimate of drug-likeness (QED) is 0.882. The van der Waals surface area contributed by atoms with Crippen LogP contribution in [0.25, 0.3) is 5.69 Å². The molecule has 1 saturated carbocycles. The lowest BCUT2D eigenvalue weighted by Crippen LogP contribution is -2.37. The molecule has 1 aromatic heterocycles. The number of aromatic nitrogens is 2. The molecule has 6 heteroatoms. The van der Waals surface area contributed by atoms with Crippen molar-refractivity contribution in [1.29, 1.82) is 0 Å². The first-order valence-corrected chi connectivity index (χ1v) is 8.33. The van der Waals surface area contributed by atoms with Gasteiger partial charge in [-0.1, -0.05) is 12.8 Å². The van der Waals surface area contributed by atoms with Crippen LogP contribution in [0.2, 0.25) is 0 Å². The summed E-state index contributed by atoms with van der Waals surface area (Å²) in [7, 11) is 0. The van der Waals surface area contributed by atoms with Gasteiger partial charge in [0.2, 0.25) is 0 Å². The Morgan fingerprint density at radius 3 is 2.62 bits per heavy atom. The highest BCUT2D eigenvalue weighted by atomic mass is 19.1. The summed E-state index contributed by atoms with van der Waals surface area (Å²) in [4.78, 5) is 0.